The molecule has 23 heteroatoms. The zero-order valence-corrected chi connectivity index (χ0v) is 39.2. The molecule has 0 aromatic rings. The maximum absolute atomic E-state index is 13.0. The molecule has 0 aromatic heterocycles. The number of likely N-dealkylation sites (tertiary alicyclic amines) is 2. The summed E-state index contributed by atoms with van der Waals surface area (Å²) in [6, 6.07) is 0. The molecule has 0 radical (unpaired) electrons. The molecular formula is C39H62N4O15S4. The third-order valence-electron chi connectivity index (χ3n) is 11.5. The molecule has 6 unspecified atom stereocenters. The molecule has 2 aliphatic heterocycles. The van der Waals surface area contributed by atoms with Gasteiger partial charge < -0.3 is 37.2 Å². The fourth-order valence-electron chi connectivity index (χ4n) is 7.19. The van der Waals surface area contributed by atoms with Crippen LogP contribution in [-0.2, 0) is 73.2 Å². The van der Waals surface area contributed by atoms with Gasteiger partial charge in [-0.25, -0.2) is 24.0 Å². The molecule has 4 fully saturated rings. The Labute approximate surface area is 376 Å². The largest absolute Gasteiger partial charge is 0.608 e. The van der Waals surface area contributed by atoms with Gasteiger partial charge in [0.1, 0.15) is 49.4 Å². The van der Waals surface area contributed by atoms with Crippen LogP contribution in [0.3, 0.4) is 0 Å². The van der Waals surface area contributed by atoms with Crippen molar-refractivity contribution >= 4 is 83.8 Å². The predicted molar refractivity (Wildman–Crippen MR) is 231 cm³/mol. The average molecular weight is 955 g/mol. The zero-order chi connectivity index (χ0) is 45.3. The molecule has 4 amide bonds. The maximum atomic E-state index is 13.0. The van der Waals surface area contributed by atoms with Crippen LogP contribution in [0.15, 0.2) is 0 Å². The van der Waals surface area contributed by atoms with Gasteiger partial charge in [0, 0.05) is 86.5 Å². The molecular weight excluding hydrogens is 893 g/mol. The summed E-state index contributed by atoms with van der Waals surface area (Å²) in [7, 11) is 0. The molecule has 2 heterocycles. The van der Waals surface area contributed by atoms with Crippen LogP contribution in [0, 0.1) is 29.6 Å². The highest BCUT2D eigenvalue weighted by molar-refractivity contribution is 8.06. The predicted octanol–water partition coefficient (Wildman–Crippen LogP) is 3.22. The van der Waals surface area contributed by atoms with Gasteiger partial charge in [-0.1, -0.05) is 0 Å². The Morgan fingerprint density at radius 2 is 0.984 bits per heavy atom. The summed E-state index contributed by atoms with van der Waals surface area (Å²) < 4.78 is 70.3. The molecule has 4 rings (SSSR count). The number of amides is 4. The van der Waals surface area contributed by atoms with E-state index in [2.05, 4.69) is 0 Å². The molecule has 0 bridgehead atoms. The van der Waals surface area contributed by atoms with Crippen LogP contribution >= 0.6 is 0 Å². The lowest BCUT2D eigenvalue weighted by Crippen LogP contribution is -2.44. The van der Waals surface area contributed by atoms with Gasteiger partial charge in [0.25, 0.3) is 0 Å². The second kappa shape index (κ2) is 26.3. The smallest absolute Gasteiger partial charge is 0.508 e. The SMILES string of the molecule is CCN(CC)C(=O)[S+]([O-])CCOC(=O)OCC[S+]([O-])C(=O)N(CC)CCC1CC1C[S+]([O-])C(=O)N1CCC(C(=O)OCCOC(=O)C2CCN(C(=O)[S+]([O-])CC3CC3)CC2)CC1. The van der Waals surface area contributed by atoms with Gasteiger partial charge in [0.05, 0.1) is 34.2 Å². The highest BCUT2D eigenvalue weighted by Crippen LogP contribution is 2.42. The van der Waals surface area contributed by atoms with Crippen LogP contribution in [-0.4, -0.2) is 179 Å². The summed E-state index contributed by atoms with van der Waals surface area (Å²) in [5, 5.41) is -2.01. The fraction of sp³-hybridized carbons (Fsp3) is 0.821. The van der Waals surface area contributed by atoms with E-state index < -0.39 is 84.4 Å². The number of nitrogens with zero attached hydrogens (tertiary/aromatic N) is 4. The summed E-state index contributed by atoms with van der Waals surface area (Å²) in [5.41, 5.74) is 0. The molecule has 352 valence electrons. The Morgan fingerprint density at radius 1 is 0.548 bits per heavy atom. The molecule has 2 saturated heterocycles. The topological polar surface area (TPSA) is 262 Å². The number of piperidine rings is 2. The van der Waals surface area contributed by atoms with Crippen molar-refractivity contribution in [2.45, 2.75) is 72.1 Å². The van der Waals surface area contributed by atoms with Crippen molar-refractivity contribution in [3.63, 3.8) is 0 Å². The molecule has 0 aromatic carbocycles. The number of rotatable bonds is 21. The molecule has 2 saturated carbocycles. The van der Waals surface area contributed by atoms with Crippen molar-refractivity contribution in [2.75, 3.05) is 102 Å². The molecule has 62 heavy (non-hydrogen) atoms. The number of carbonyl (C=O) groups is 7. The Morgan fingerprint density at radius 3 is 1.42 bits per heavy atom. The van der Waals surface area contributed by atoms with Crippen molar-refractivity contribution in [2.24, 2.45) is 29.6 Å². The highest BCUT2D eigenvalue weighted by atomic mass is 32.2. The number of hydrogen-bond acceptors (Lipinski definition) is 15. The Balaban J connectivity index is 1.02. The summed E-state index contributed by atoms with van der Waals surface area (Å²) >= 11 is -7.14. The van der Waals surface area contributed by atoms with Gasteiger partial charge in [-0.15, -0.1) is 0 Å². The normalized spacial score (nSPS) is 21.2. The lowest BCUT2D eigenvalue weighted by Gasteiger charge is -2.30. The van der Waals surface area contributed by atoms with Crippen LogP contribution in [0.25, 0.3) is 0 Å². The van der Waals surface area contributed by atoms with Crippen molar-refractivity contribution in [1.82, 2.24) is 19.6 Å². The van der Waals surface area contributed by atoms with Crippen LogP contribution in [0.2, 0.25) is 0 Å². The standard InChI is InChI=1S/C39H62N4O15S4/c1-4-40(5-2)35(46)59(51)23-21-57-39(50)58-22-24-60(52)36(47)41(6-3)14-13-31-25-32(31)27-62(54)38(49)43-17-11-30(12-18-43)34(45)56-20-19-55-33(44)29-9-15-42(16-10-29)37(48)61(53)26-28-7-8-28/h28-32H,4-27H2,1-3H3. The van der Waals surface area contributed by atoms with E-state index in [-0.39, 0.29) is 79.8 Å². The minimum atomic E-state index is -1.98. The summed E-state index contributed by atoms with van der Waals surface area (Å²) in [5.74, 6) is -0.991. The highest BCUT2D eigenvalue weighted by Gasteiger charge is 2.44. The Bertz CT molecular complexity index is 1510. The first-order valence-electron chi connectivity index (χ1n) is 21.5. The van der Waals surface area contributed by atoms with E-state index in [1.54, 1.807) is 25.7 Å². The summed E-state index contributed by atoms with van der Waals surface area (Å²) in [4.78, 5) is 93.3. The quantitative estimate of drug-likeness (QED) is 0.0692. The minimum absolute atomic E-state index is 0.0402. The van der Waals surface area contributed by atoms with E-state index >= 15 is 0 Å². The van der Waals surface area contributed by atoms with E-state index in [1.165, 1.54) is 14.7 Å². The van der Waals surface area contributed by atoms with Gasteiger partial charge in [-0.3, -0.25) is 29.2 Å². The van der Waals surface area contributed by atoms with E-state index in [9.17, 15) is 51.8 Å². The number of carbonyl (C=O) groups excluding carboxylic acids is 7. The average Bonchev–Trinajstić information content (AvgIpc) is 4.23. The third-order valence-corrected chi connectivity index (χ3v) is 16.6. The van der Waals surface area contributed by atoms with Crippen molar-refractivity contribution in [1.29, 1.82) is 0 Å². The third kappa shape index (κ3) is 16.7. The molecule has 2 aliphatic carbocycles. The van der Waals surface area contributed by atoms with Gasteiger partial charge >= 0.3 is 39.1 Å². The number of hydrogen-bond donors (Lipinski definition) is 0. The fourth-order valence-corrected chi connectivity index (χ4v) is 11.9. The lowest BCUT2D eigenvalue weighted by atomic mass is 9.97. The summed E-state index contributed by atoms with van der Waals surface area (Å²) in [6.07, 6.45) is 3.79. The lowest BCUT2D eigenvalue weighted by molar-refractivity contribution is -0.158. The first-order chi connectivity index (χ1) is 29.7. The monoisotopic (exact) mass is 954 g/mol. The first-order valence-corrected chi connectivity index (χ1v) is 26.8. The Kier molecular flexibility index (Phi) is 22.1. The molecule has 0 spiro atoms. The number of ether oxygens (including phenoxy) is 4. The van der Waals surface area contributed by atoms with Crippen molar-refractivity contribution < 1.29 is 70.7 Å². The van der Waals surface area contributed by atoms with Gasteiger partial charge in [0.2, 0.25) is 0 Å². The van der Waals surface area contributed by atoms with Gasteiger partial charge in [-0.05, 0) is 78.1 Å². The molecule has 6 atom stereocenters. The second-order valence-electron chi connectivity index (χ2n) is 15.7. The molecule has 0 N–H and O–H groups in total. The van der Waals surface area contributed by atoms with Crippen molar-refractivity contribution in [3.05, 3.63) is 0 Å². The van der Waals surface area contributed by atoms with E-state index in [0.717, 1.165) is 19.3 Å². The van der Waals surface area contributed by atoms with E-state index in [1.807, 2.05) is 0 Å². The minimum Gasteiger partial charge on any atom is -0.608 e. The van der Waals surface area contributed by atoms with Crippen LogP contribution in [0.5, 0.6) is 0 Å². The van der Waals surface area contributed by atoms with E-state index in [4.69, 9.17) is 18.9 Å². The van der Waals surface area contributed by atoms with Crippen LogP contribution < -0.4 is 0 Å². The van der Waals surface area contributed by atoms with Gasteiger partial charge in [-0.2, -0.15) is 0 Å². The zero-order valence-electron chi connectivity index (χ0n) is 35.9. The Hall–Kier alpha value is -2.67. The molecule has 4 aliphatic rings. The summed E-state index contributed by atoms with van der Waals surface area (Å²) in [6.45, 7) is 7.00. The second-order valence-corrected chi connectivity index (χ2v) is 21.4. The number of esters is 2. The van der Waals surface area contributed by atoms with Gasteiger partial charge in [0.15, 0.2) is 0 Å². The maximum Gasteiger partial charge on any atom is 0.508 e. The van der Waals surface area contributed by atoms with Crippen LogP contribution in [0.1, 0.15) is 72.1 Å². The van der Waals surface area contributed by atoms with E-state index in [0.29, 0.717) is 83.0 Å². The van der Waals surface area contributed by atoms with Crippen LogP contribution in [0.4, 0.5) is 24.0 Å². The first kappa shape index (κ1) is 52.0. The van der Waals surface area contributed by atoms with Crippen molar-refractivity contribution in [3.8, 4) is 0 Å². The molecule has 19 nitrogen and oxygen atoms in total.